The molecule has 2 rings (SSSR count). The summed E-state index contributed by atoms with van der Waals surface area (Å²) < 4.78 is 0. The molecule has 0 saturated heterocycles. The molecule has 0 amide bonds. The summed E-state index contributed by atoms with van der Waals surface area (Å²) in [6.45, 7) is 0.913. The molecule has 2 saturated carbocycles. The summed E-state index contributed by atoms with van der Waals surface area (Å²) in [4.78, 5) is 0. The molecule has 2 aliphatic carbocycles. The zero-order chi connectivity index (χ0) is 12.1. The largest absolute Gasteiger partial charge is 0.395 e. The summed E-state index contributed by atoms with van der Waals surface area (Å²) in [6, 6.07) is 0.979. The van der Waals surface area contributed by atoms with Crippen molar-refractivity contribution in [2.24, 2.45) is 0 Å². The van der Waals surface area contributed by atoms with E-state index in [1.165, 1.54) is 32.1 Å². The first-order chi connectivity index (χ1) is 8.29. The zero-order valence-corrected chi connectivity index (χ0v) is 10.6. The Balaban J connectivity index is 1.82. The standard InChI is InChI=1S/C13H26N2O2/c16-9-8-15(12-4-2-1-3-5-12)14-11-6-7-13(17)10-11/h11-14,16-17H,1-10H2. The Morgan fingerprint density at radius 3 is 2.41 bits per heavy atom. The van der Waals surface area contributed by atoms with Crippen LogP contribution >= 0.6 is 0 Å². The fraction of sp³-hybridized carbons (Fsp3) is 1.00. The van der Waals surface area contributed by atoms with Gasteiger partial charge in [-0.2, -0.15) is 0 Å². The summed E-state index contributed by atoms with van der Waals surface area (Å²) in [7, 11) is 0. The maximum atomic E-state index is 9.54. The number of aliphatic hydroxyl groups is 2. The first kappa shape index (κ1) is 13.3. The Hall–Kier alpha value is -0.160. The molecule has 3 N–H and O–H groups in total. The highest BCUT2D eigenvalue weighted by molar-refractivity contribution is 4.82. The maximum Gasteiger partial charge on any atom is 0.0572 e. The van der Waals surface area contributed by atoms with E-state index in [-0.39, 0.29) is 12.7 Å². The van der Waals surface area contributed by atoms with Crippen LogP contribution in [0.4, 0.5) is 0 Å². The fourth-order valence-corrected chi connectivity index (χ4v) is 3.16. The van der Waals surface area contributed by atoms with Crippen LogP contribution in [0.3, 0.4) is 0 Å². The highest BCUT2D eigenvalue weighted by Crippen LogP contribution is 2.24. The molecule has 2 atom stereocenters. The summed E-state index contributed by atoms with van der Waals surface area (Å²) in [5.41, 5.74) is 3.53. The van der Waals surface area contributed by atoms with Crippen LogP contribution in [-0.2, 0) is 0 Å². The average molecular weight is 242 g/mol. The van der Waals surface area contributed by atoms with Gasteiger partial charge in [-0.3, -0.25) is 5.43 Å². The molecule has 0 aromatic rings. The molecular weight excluding hydrogens is 216 g/mol. The van der Waals surface area contributed by atoms with Crippen molar-refractivity contribution in [3.05, 3.63) is 0 Å². The normalized spacial score (nSPS) is 31.2. The third kappa shape index (κ3) is 3.91. The van der Waals surface area contributed by atoms with Crippen LogP contribution in [0.1, 0.15) is 51.4 Å². The lowest BCUT2D eigenvalue weighted by Gasteiger charge is -2.36. The van der Waals surface area contributed by atoms with E-state index in [1.807, 2.05) is 0 Å². The molecule has 2 aliphatic rings. The van der Waals surface area contributed by atoms with Crippen molar-refractivity contribution in [3.8, 4) is 0 Å². The van der Waals surface area contributed by atoms with Gasteiger partial charge in [0.25, 0.3) is 0 Å². The van der Waals surface area contributed by atoms with Crippen LogP contribution in [0.2, 0.25) is 0 Å². The van der Waals surface area contributed by atoms with E-state index in [4.69, 9.17) is 5.11 Å². The molecule has 0 aromatic carbocycles. The van der Waals surface area contributed by atoms with Gasteiger partial charge >= 0.3 is 0 Å². The van der Waals surface area contributed by atoms with E-state index in [0.29, 0.717) is 18.6 Å². The Kier molecular flexibility index (Phi) is 5.22. The van der Waals surface area contributed by atoms with Crippen LogP contribution in [0.5, 0.6) is 0 Å². The van der Waals surface area contributed by atoms with Gasteiger partial charge in [-0.1, -0.05) is 19.3 Å². The molecule has 0 spiro atoms. The second kappa shape index (κ2) is 6.69. The molecule has 0 heterocycles. The van der Waals surface area contributed by atoms with Gasteiger partial charge < -0.3 is 10.2 Å². The minimum Gasteiger partial charge on any atom is -0.395 e. The molecule has 100 valence electrons. The van der Waals surface area contributed by atoms with Gasteiger partial charge in [0.1, 0.15) is 0 Å². The van der Waals surface area contributed by atoms with Gasteiger partial charge in [0.15, 0.2) is 0 Å². The fourth-order valence-electron chi connectivity index (χ4n) is 3.16. The topological polar surface area (TPSA) is 55.7 Å². The van der Waals surface area contributed by atoms with E-state index >= 15 is 0 Å². The second-order valence-corrected chi connectivity index (χ2v) is 5.50. The predicted molar refractivity (Wildman–Crippen MR) is 67.4 cm³/mol. The molecule has 4 heteroatoms. The Bertz CT molecular complexity index is 219. The van der Waals surface area contributed by atoms with Gasteiger partial charge in [0, 0.05) is 18.6 Å². The maximum absolute atomic E-state index is 9.54. The van der Waals surface area contributed by atoms with Crippen LogP contribution < -0.4 is 5.43 Å². The minimum atomic E-state index is -0.130. The molecule has 0 radical (unpaired) electrons. The Labute approximate surface area is 104 Å². The number of aliphatic hydroxyl groups excluding tert-OH is 2. The lowest BCUT2D eigenvalue weighted by Crippen LogP contribution is -2.51. The summed E-state index contributed by atoms with van der Waals surface area (Å²) >= 11 is 0. The van der Waals surface area contributed by atoms with Crippen molar-refractivity contribution in [1.82, 2.24) is 10.4 Å². The van der Waals surface area contributed by atoms with Crippen molar-refractivity contribution < 1.29 is 10.2 Å². The van der Waals surface area contributed by atoms with Gasteiger partial charge in [0.2, 0.25) is 0 Å². The van der Waals surface area contributed by atoms with E-state index in [2.05, 4.69) is 10.4 Å². The molecule has 0 bridgehead atoms. The van der Waals surface area contributed by atoms with E-state index in [0.717, 1.165) is 19.3 Å². The number of hydrogen-bond donors (Lipinski definition) is 3. The molecule has 4 nitrogen and oxygen atoms in total. The first-order valence-corrected chi connectivity index (χ1v) is 7.11. The van der Waals surface area contributed by atoms with Crippen molar-refractivity contribution in [1.29, 1.82) is 0 Å². The SMILES string of the molecule is OCCN(NC1CCC(O)C1)C1CCCCC1. The smallest absolute Gasteiger partial charge is 0.0572 e. The predicted octanol–water partition coefficient (Wildman–Crippen LogP) is 1.03. The third-order valence-electron chi connectivity index (χ3n) is 4.11. The lowest BCUT2D eigenvalue weighted by molar-refractivity contribution is 0.0540. The zero-order valence-electron chi connectivity index (χ0n) is 10.6. The Morgan fingerprint density at radius 2 is 1.82 bits per heavy atom. The van der Waals surface area contributed by atoms with Crippen LogP contribution in [0.15, 0.2) is 0 Å². The average Bonchev–Trinajstić information content (AvgIpc) is 2.75. The highest BCUT2D eigenvalue weighted by Gasteiger charge is 2.27. The van der Waals surface area contributed by atoms with Crippen LogP contribution in [0, 0.1) is 0 Å². The number of hydrazine groups is 1. The molecule has 2 fully saturated rings. The van der Waals surface area contributed by atoms with Gasteiger partial charge in [-0.25, -0.2) is 5.01 Å². The molecule has 0 aliphatic heterocycles. The number of nitrogens with zero attached hydrogens (tertiary/aromatic N) is 1. The molecule has 17 heavy (non-hydrogen) atoms. The van der Waals surface area contributed by atoms with Gasteiger partial charge in [0.05, 0.1) is 12.7 Å². The van der Waals surface area contributed by atoms with E-state index < -0.39 is 0 Å². The van der Waals surface area contributed by atoms with Crippen molar-refractivity contribution >= 4 is 0 Å². The van der Waals surface area contributed by atoms with E-state index in [1.54, 1.807) is 0 Å². The highest BCUT2D eigenvalue weighted by atomic mass is 16.3. The summed E-state index contributed by atoms with van der Waals surface area (Å²) in [5.74, 6) is 0. The first-order valence-electron chi connectivity index (χ1n) is 7.11. The van der Waals surface area contributed by atoms with Gasteiger partial charge in [-0.15, -0.1) is 0 Å². The van der Waals surface area contributed by atoms with Crippen molar-refractivity contribution in [2.45, 2.75) is 69.6 Å². The van der Waals surface area contributed by atoms with Crippen molar-refractivity contribution in [2.75, 3.05) is 13.2 Å². The van der Waals surface area contributed by atoms with Crippen LogP contribution in [-0.4, -0.2) is 46.6 Å². The monoisotopic (exact) mass is 242 g/mol. The molecule has 2 unspecified atom stereocenters. The minimum absolute atomic E-state index is 0.130. The second-order valence-electron chi connectivity index (χ2n) is 5.50. The summed E-state index contributed by atoms with van der Waals surface area (Å²) in [6.07, 6.45) is 9.13. The molecular formula is C13H26N2O2. The number of hydrogen-bond acceptors (Lipinski definition) is 4. The quantitative estimate of drug-likeness (QED) is 0.630. The Morgan fingerprint density at radius 1 is 1.06 bits per heavy atom. The molecule has 0 aromatic heterocycles. The van der Waals surface area contributed by atoms with Crippen LogP contribution in [0.25, 0.3) is 0 Å². The summed E-state index contributed by atoms with van der Waals surface area (Å²) in [5, 5.41) is 20.9. The number of rotatable bonds is 5. The van der Waals surface area contributed by atoms with Gasteiger partial charge in [-0.05, 0) is 32.1 Å². The third-order valence-corrected chi connectivity index (χ3v) is 4.11. The van der Waals surface area contributed by atoms with Crippen molar-refractivity contribution in [3.63, 3.8) is 0 Å². The number of nitrogens with one attached hydrogen (secondary N) is 1. The lowest BCUT2D eigenvalue weighted by atomic mass is 9.95. The van der Waals surface area contributed by atoms with E-state index in [9.17, 15) is 5.11 Å².